The number of rotatable bonds is 5. The first-order valence-electron chi connectivity index (χ1n) is 11.7. The van der Waals surface area contributed by atoms with E-state index in [1.807, 2.05) is 36.2 Å². The summed E-state index contributed by atoms with van der Waals surface area (Å²) in [5, 5.41) is 0. The Hall–Kier alpha value is -3.16. The largest absolute Gasteiger partial charge is 0.370 e. The fourth-order valence-corrected chi connectivity index (χ4v) is 6.78. The Balaban J connectivity index is 1.45. The Bertz CT molecular complexity index is 1290. The van der Waals surface area contributed by atoms with Crippen LogP contribution in [0, 0.1) is 5.92 Å². The highest BCUT2D eigenvalue weighted by Gasteiger charge is 2.47. The molecule has 0 bridgehead atoms. The van der Waals surface area contributed by atoms with Gasteiger partial charge in [-0.05, 0) is 53.6 Å². The fraction of sp³-hybridized carbons (Fsp3) is 0.296. The highest BCUT2D eigenvalue weighted by Crippen LogP contribution is 2.44. The van der Waals surface area contributed by atoms with Crippen molar-refractivity contribution in [3.05, 3.63) is 90.5 Å². The summed E-state index contributed by atoms with van der Waals surface area (Å²) in [5.41, 5.74) is 9.23. The van der Waals surface area contributed by atoms with Crippen LogP contribution in [0.3, 0.4) is 0 Å². The minimum atomic E-state index is -3.50. The minimum absolute atomic E-state index is 0.184. The average molecular weight is 475 g/mol. The van der Waals surface area contributed by atoms with Gasteiger partial charge in [-0.25, -0.2) is 13.4 Å². The lowest BCUT2D eigenvalue weighted by Crippen LogP contribution is -2.46. The highest BCUT2D eigenvalue weighted by atomic mass is 32.2. The molecule has 7 heteroatoms. The second-order valence-corrected chi connectivity index (χ2v) is 11.1. The molecule has 6 nitrogen and oxygen atoms in total. The molecule has 2 heterocycles. The molecule has 2 N–H and O–H groups in total. The Morgan fingerprint density at radius 2 is 1.50 bits per heavy atom. The second kappa shape index (κ2) is 8.89. The molecule has 2 aliphatic rings. The molecule has 176 valence electrons. The molecular formula is C27H30N4O2S. The Labute approximate surface area is 201 Å². The molecular weight excluding hydrogens is 444 g/mol. The summed E-state index contributed by atoms with van der Waals surface area (Å²) in [6.07, 6.45) is 1.46. The van der Waals surface area contributed by atoms with E-state index in [4.69, 9.17) is 10.7 Å². The monoisotopic (exact) mass is 474 g/mol. The van der Waals surface area contributed by atoms with Crippen molar-refractivity contribution in [2.75, 3.05) is 26.7 Å². The van der Waals surface area contributed by atoms with Crippen molar-refractivity contribution in [2.24, 2.45) is 16.6 Å². The molecule has 1 saturated heterocycles. The van der Waals surface area contributed by atoms with Crippen molar-refractivity contribution in [1.82, 2.24) is 9.21 Å². The predicted octanol–water partition coefficient (Wildman–Crippen LogP) is 3.91. The number of nitrogens with two attached hydrogens (primary N) is 1. The van der Waals surface area contributed by atoms with Gasteiger partial charge >= 0.3 is 0 Å². The standard InChI is InChI=1S/C27H30N4O2S/c1-30-20-27(29-26(30)28,24-12-8-11-22(19-24)21-9-4-2-5-10-21)23-15-17-31(18-16-23)34(32,33)25-13-6-3-7-14-25/h2-14,19,23H,15-18,20H2,1H3,(H2,28,29). The lowest BCUT2D eigenvalue weighted by molar-refractivity contribution is 0.171. The zero-order chi connectivity index (χ0) is 23.8. The number of hydrogen-bond donors (Lipinski definition) is 1. The van der Waals surface area contributed by atoms with Gasteiger partial charge in [0.25, 0.3) is 0 Å². The quantitative estimate of drug-likeness (QED) is 0.608. The Morgan fingerprint density at radius 3 is 2.12 bits per heavy atom. The summed E-state index contributed by atoms with van der Waals surface area (Å²) >= 11 is 0. The lowest BCUT2D eigenvalue weighted by Gasteiger charge is -2.41. The number of nitrogens with zero attached hydrogens (tertiary/aromatic N) is 3. The summed E-state index contributed by atoms with van der Waals surface area (Å²) in [7, 11) is -1.53. The van der Waals surface area contributed by atoms with E-state index in [1.54, 1.807) is 28.6 Å². The van der Waals surface area contributed by atoms with Gasteiger partial charge in [-0.2, -0.15) is 4.31 Å². The van der Waals surface area contributed by atoms with E-state index in [0.29, 0.717) is 30.5 Å². The molecule has 3 aromatic carbocycles. The van der Waals surface area contributed by atoms with Crippen LogP contribution in [-0.2, 0) is 15.6 Å². The van der Waals surface area contributed by atoms with Crippen LogP contribution in [0.5, 0.6) is 0 Å². The number of hydrogen-bond acceptors (Lipinski definition) is 5. The van der Waals surface area contributed by atoms with Crippen molar-refractivity contribution < 1.29 is 8.42 Å². The number of guanidine groups is 1. The topological polar surface area (TPSA) is 79.0 Å². The summed E-state index contributed by atoms with van der Waals surface area (Å²) in [5.74, 6) is 0.716. The average Bonchev–Trinajstić information content (AvgIpc) is 3.20. The first-order chi connectivity index (χ1) is 16.4. The van der Waals surface area contributed by atoms with E-state index in [2.05, 4.69) is 36.4 Å². The van der Waals surface area contributed by atoms with Crippen LogP contribution in [0.4, 0.5) is 0 Å². The maximum atomic E-state index is 13.1. The maximum absolute atomic E-state index is 13.1. The molecule has 34 heavy (non-hydrogen) atoms. The van der Waals surface area contributed by atoms with Crippen molar-refractivity contribution in [1.29, 1.82) is 0 Å². The van der Waals surface area contributed by atoms with E-state index in [-0.39, 0.29) is 5.92 Å². The SMILES string of the molecule is CN1CC(c2cccc(-c3ccccc3)c2)(C2CCN(S(=O)(=O)c3ccccc3)CC2)N=C1N. The number of benzene rings is 3. The van der Waals surface area contributed by atoms with Crippen LogP contribution in [0.2, 0.25) is 0 Å². The molecule has 1 atom stereocenters. The van der Waals surface area contributed by atoms with Gasteiger partial charge in [0.05, 0.1) is 11.4 Å². The number of piperidine rings is 1. The normalized spacial score (nSPS) is 22.0. The van der Waals surface area contributed by atoms with Gasteiger partial charge in [0.1, 0.15) is 5.54 Å². The van der Waals surface area contributed by atoms with Crippen LogP contribution in [-0.4, -0.2) is 50.3 Å². The van der Waals surface area contributed by atoms with Gasteiger partial charge in [-0.1, -0.05) is 66.7 Å². The van der Waals surface area contributed by atoms with E-state index in [9.17, 15) is 8.42 Å². The van der Waals surface area contributed by atoms with Crippen LogP contribution in [0.15, 0.2) is 94.8 Å². The lowest BCUT2D eigenvalue weighted by atomic mass is 9.73. The van der Waals surface area contributed by atoms with Crippen LogP contribution >= 0.6 is 0 Å². The van der Waals surface area contributed by atoms with Crippen molar-refractivity contribution in [3.8, 4) is 11.1 Å². The molecule has 0 aliphatic carbocycles. The van der Waals surface area contributed by atoms with Gasteiger partial charge in [-0.3, -0.25) is 0 Å². The highest BCUT2D eigenvalue weighted by molar-refractivity contribution is 7.89. The van der Waals surface area contributed by atoms with E-state index in [0.717, 1.165) is 29.5 Å². The van der Waals surface area contributed by atoms with Gasteiger partial charge in [0.2, 0.25) is 10.0 Å². The van der Waals surface area contributed by atoms with Crippen LogP contribution in [0.25, 0.3) is 11.1 Å². The summed E-state index contributed by atoms with van der Waals surface area (Å²) in [4.78, 5) is 7.38. The minimum Gasteiger partial charge on any atom is -0.370 e. The maximum Gasteiger partial charge on any atom is 0.243 e. The Morgan fingerprint density at radius 1 is 0.882 bits per heavy atom. The zero-order valence-electron chi connectivity index (χ0n) is 19.3. The van der Waals surface area contributed by atoms with Crippen LogP contribution < -0.4 is 5.73 Å². The zero-order valence-corrected chi connectivity index (χ0v) is 20.2. The van der Waals surface area contributed by atoms with Gasteiger partial charge in [-0.15, -0.1) is 0 Å². The summed E-state index contributed by atoms with van der Waals surface area (Å²) < 4.78 is 27.9. The fourth-order valence-electron chi connectivity index (χ4n) is 5.29. The van der Waals surface area contributed by atoms with Crippen LogP contribution in [0.1, 0.15) is 18.4 Å². The van der Waals surface area contributed by atoms with E-state index in [1.165, 1.54) is 0 Å². The molecule has 0 amide bonds. The molecule has 0 spiro atoms. The smallest absolute Gasteiger partial charge is 0.243 e. The van der Waals surface area contributed by atoms with Gasteiger partial charge in [0.15, 0.2) is 5.96 Å². The molecule has 5 rings (SSSR count). The van der Waals surface area contributed by atoms with E-state index < -0.39 is 15.6 Å². The van der Waals surface area contributed by atoms with Crippen molar-refractivity contribution in [2.45, 2.75) is 23.3 Å². The number of sulfonamides is 1. The number of aliphatic imine (C=N–C) groups is 1. The van der Waals surface area contributed by atoms with Crippen molar-refractivity contribution in [3.63, 3.8) is 0 Å². The molecule has 0 saturated carbocycles. The first kappa shape index (κ1) is 22.6. The molecule has 2 aliphatic heterocycles. The molecule has 0 aromatic heterocycles. The first-order valence-corrected chi connectivity index (χ1v) is 13.1. The van der Waals surface area contributed by atoms with Crippen molar-refractivity contribution >= 4 is 16.0 Å². The third kappa shape index (κ3) is 3.99. The second-order valence-electron chi connectivity index (χ2n) is 9.19. The molecule has 0 radical (unpaired) electrons. The molecule has 3 aromatic rings. The molecule has 1 unspecified atom stereocenters. The summed E-state index contributed by atoms with van der Waals surface area (Å²) in [6, 6.07) is 27.6. The summed E-state index contributed by atoms with van der Waals surface area (Å²) in [6.45, 7) is 1.63. The Kier molecular flexibility index (Phi) is 5.91. The molecule has 1 fully saturated rings. The van der Waals surface area contributed by atoms with Gasteiger partial charge in [0, 0.05) is 20.1 Å². The third-order valence-electron chi connectivity index (χ3n) is 7.16. The van der Waals surface area contributed by atoms with Gasteiger partial charge < -0.3 is 10.6 Å². The predicted molar refractivity (Wildman–Crippen MR) is 136 cm³/mol. The third-order valence-corrected chi connectivity index (χ3v) is 9.08. The number of likely N-dealkylation sites (N-methyl/N-ethyl adjacent to an activating group) is 1. The van der Waals surface area contributed by atoms with E-state index >= 15 is 0 Å².